The van der Waals surface area contributed by atoms with Gasteiger partial charge in [0.2, 0.25) is 0 Å². The van der Waals surface area contributed by atoms with Crippen LogP contribution in [0.2, 0.25) is 0 Å². The molecular weight excluding hydrogens is 285 g/mol. The molecule has 0 saturated heterocycles. The number of aliphatic hydroxyl groups excluding tert-OH is 1. The van der Waals surface area contributed by atoms with Crippen molar-refractivity contribution in [3.8, 4) is 5.75 Å². The predicted molar refractivity (Wildman–Crippen MR) is 70.6 cm³/mol. The van der Waals surface area contributed by atoms with Crippen molar-refractivity contribution >= 4 is 5.69 Å². The van der Waals surface area contributed by atoms with E-state index in [0.29, 0.717) is 17.8 Å². The van der Waals surface area contributed by atoms with Gasteiger partial charge < -0.3 is 15.2 Å². The number of ether oxygens (including phenoxy) is 1. The van der Waals surface area contributed by atoms with Crippen LogP contribution in [0.25, 0.3) is 0 Å². The Morgan fingerprint density at radius 1 is 1.14 bits per heavy atom. The average Bonchev–Trinajstić information content (AvgIpc) is 2.45. The standard InChI is InChI=1S/C14H13F3N2O2/c15-14(16,17)21-12-3-1-10(2-4-12)7-19-13-8-18-6-5-11(13)9-20/h1-6,8,19-20H,7,9H2. The number of rotatable bonds is 5. The van der Waals surface area contributed by atoms with E-state index in [2.05, 4.69) is 15.0 Å². The van der Waals surface area contributed by atoms with E-state index in [1.54, 1.807) is 18.5 Å². The minimum absolute atomic E-state index is 0.122. The van der Waals surface area contributed by atoms with E-state index in [-0.39, 0.29) is 12.4 Å². The number of pyridine rings is 1. The molecule has 0 amide bonds. The predicted octanol–water partition coefficient (Wildman–Crippen LogP) is 3.08. The van der Waals surface area contributed by atoms with Gasteiger partial charge in [0.05, 0.1) is 18.5 Å². The smallest absolute Gasteiger partial charge is 0.406 e. The number of anilines is 1. The normalized spacial score (nSPS) is 11.2. The monoisotopic (exact) mass is 298 g/mol. The second-order valence-corrected chi connectivity index (χ2v) is 4.24. The molecule has 112 valence electrons. The number of alkyl halides is 3. The van der Waals surface area contributed by atoms with Crippen molar-refractivity contribution in [2.75, 3.05) is 5.32 Å². The van der Waals surface area contributed by atoms with Crippen LogP contribution in [0.4, 0.5) is 18.9 Å². The molecule has 2 N–H and O–H groups in total. The Bertz CT molecular complexity index is 586. The zero-order valence-corrected chi connectivity index (χ0v) is 10.9. The van der Waals surface area contributed by atoms with Gasteiger partial charge in [-0.15, -0.1) is 13.2 Å². The molecule has 0 aliphatic heterocycles. The highest BCUT2D eigenvalue weighted by molar-refractivity contribution is 5.49. The molecule has 0 atom stereocenters. The summed E-state index contributed by atoms with van der Waals surface area (Å²) in [6.07, 6.45) is -1.54. The van der Waals surface area contributed by atoms with Crippen molar-refractivity contribution in [1.82, 2.24) is 4.98 Å². The third-order valence-corrected chi connectivity index (χ3v) is 2.72. The van der Waals surface area contributed by atoms with Crippen LogP contribution in [-0.4, -0.2) is 16.5 Å². The highest BCUT2D eigenvalue weighted by Crippen LogP contribution is 2.23. The molecule has 2 rings (SSSR count). The molecule has 0 unspecified atom stereocenters. The first-order valence-electron chi connectivity index (χ1n) is 6.10. The Hall–Kier alpha value is -2.28. The molecule has 7 heteroatoms. The summed E-state index contributed by atoms with van der Waals surface area (Å²) in [6.45, 7) is 0.272. The fraction of sp³-hybridized carbons (Fsp3) is 0.214. The maximum Gasteiger partial charge on any atom is 0.573 e. The minimum atomic E-state index is -4.69. The summed E-state index contributed by atoms with van der Waals surface area (Å²) in [5.41, 5.74) is 2.15. The van der Waals surface area contributed by atoms with E-state index in [4.69, 9.17) is 5.11 Å². The lowest BCUT2D eigenvalue weighted by Gasteiger charge is -2.11. The Morgan fingerprint density at radius 2 is 1.86 bits per heavy atom. The Morgan fingerprint density at radius 3 is 2.48 bits per heavy atom. The lowest BCUT2D eigenvalue weighted by molar-refractivity contribution is -0.274. The zero-order chi connectivity index (χ0) is 15.3. The molecule has 0 fully saturated rings. The first-order chi connectivity index (χ1) is 9.98. The Labute approximate surface area is 119 Å². The highest BCUT2D eigenvalue weighted by atomic mass is 19.4. The third kappa shape index (κ3) is 4.64. The van der Waals surface area contributed by atoms with E-state index < -0.39 is 6.36 Å². The Balaban J connectivity index is 1.98. The van der Waals surface area contributed by atoms with Crippen LogP contribution in [-0.2, 0) is 13.2 Å². The topological polar surface area (TPSA) is 54.4 Å². The van der Waals surface area contributed by atoms with Crippen LogP contribution in [0.1, 0.15) is 11.1 Å². The number of hydrogen-bond donors (Lipinski definition) is 2. The maximum absolute atomic E-state index is 12.0. The van der Waals surface area contributed by atoms with Crippen LogP contribution in [0, 0.1) is 0 Å². The summed E-state index contributed by atoms with van der Waals surface area (Å²) >= 11 is 0. The van der Waals surface area contributed by atoms with E-state index in [1.807, 2.05) is 0 Å². The van der Waals surface area contributed by atoms with Crippen molar-refractivity contribution in [1.29, 1.82) is 0 Å². The Kier molecular flexibility index (Phi) is 4.64. The van der Waals surface area contributed by atoms with Crippen LogP contribution in [0.15, 0.2) is 42.7 Å². The van der Waals surface area contributed by atoms with Crippen molar-refractivity contribution in [2.24, 2.45) is 0 Å². The summed E-state index contributed by atoms with van der Waals surface area (Å²) in [6, 6.07) is 7.25. The molecular formula is C14H13F3N2O2. The van der Waals surface area contributed by atoms with Crippen molar-refractivity contribution in [3.05, 3.63) is 53.9 Å². The van der Waals surface area contributed by atoms with Gasteiger partial charge >= 0.3 is 6.36 Å². The first kappa shape index (κ1) is 15.1. The summed E-state index contributed by atoms with van der Waals surface area (Å²) in [7, 11) is 0. The van der Waals surface area contributed by atoms with Crippen LogP contribution < -0.4 is 10.1 Å². The van der Waals surface area contributed by atoms with Crippen molar-refractivity contribution in [2.45, 2.75) is 19.5 Å². The van der Waals surface area contributed by atoms with E-state index in [0.717, 1.165) is 5.56 Å². The van der Waals surface area contributed by atoms with Crippen LogP contribution >= 0.6 is 0 Å². The van der Waals surface area contributed by atoms with Gasteiger partial charge in [-0.25, -0.2) is 0 Å². The largest absolute Gasteiger partial charge is 0.573 e. The lowest BCUT2D eigenvalue weighted by atomic mass is 10.2. The van der Waals surface area contributed by atoms with Gasteiger partial charge in [0.1, 0.15) is 5.75 Å². The quantitative estimate of drug-likeness (QED) is 0.890. The van der Waals surface area contributed by atoms with Crippen molar-refractivity contribution in [3.63, 3.8) is 0 Å². The van der Waals surface area contributed by atoms with E-state index >= 15 is 0 Å². The molecule has 4 nitrogen and oxygen atoms in total. The van der Waals surface area contributed by atoms with E-state index in [1.165, 1.54) is 24.3 Å². The van der Waals surface area contributed by atoms with Gasteiger partial charge in [0.15, 0.2) is 0 Å². The second kappa shape index (κ2) is 6.45. The summed E-state index contributed by atoms with van der Waals surface area (Å²) < 4.78 is 39.9. The zero-order valence-electron chi connectivity index (χ0n) is 10.9. The molecule has 0 aliphatic carbocycles. The van der Waals surface area contributed by atoms with Gasteiger partial charge in [0.25, 0.3) is 0 Å². The lowest BCUT2D eigenvalue weighted by Crippen LogP contribution is -2.17. The van der Waals surface area contributed by atoms with Gasteiger partial charge in [-0.05, 0) is 23.8 Å². The SMILES string of the molecule is OCc1ccncc1NCc1ccc(OC(F)(F)F)cc1. The minimum Gasteiger partial charge on any atom is -0.406 e. The van der Waals surface area contributed by atoms with Gasteiger partial charge in [0, 0.05) is 18.3 Å². The number of aromatic nitrogens is 1. The van der Waals surface area contributed by atoms with Gasteiger partial charge in [-0.2, -0.15) is 0 Å². The number of nitrogens with one attached hydrogen (secondary N) is 1. The second-order valence-electron chi connectivity index (χ2n) is 4.24. The molecule has 0 saturated carbocycles. The van der Waals surface area contributed by atoms with Gasteiger partial charge in [-0.3, -0.25) is 4.98 Å². The molecule has 2 aromatic rings. The van der Waals surface area contributed by atoms with Crippen LogP contribution in [0.3, 0.4) is 0 Å². The number of nitrogens with zero attached hydrogens (tertiary/aromatic N) is 1. The molecule has 21 heavy (non-hydrogen) atoms. The molecule has 0 spiro atoms. The molecule has 1 heterocycles. The average molecular weight is 298 g/mol. The molecule has 1 aromatic heterocycles. The first-order valence-corrected chi connectivity index (χ1v) is 6.10. The summed E-state index contributed by atoms with van der Waals surface area (Å²) in [4.78, 5) is 3.94. The molecule has 0 radical (unpaired) electrons. The fourth-order valence-corrected chi connectivity index (χ4v) is 1.73. The number of aliphatic hydroxyl groups is 1. The summed E-state index contributed by atoms with van der Waals surface area (Å²) in [5.74, 6) is -0.260. The molecule has 1 aromatic carbocycles. The number of halogens is 3. The fourth-order valence-electron chi connectivity index (χ4n) is 1.73. The number of hydrogen-bond acceptors (Lipinski definition) is 4. The van der Waals surface area contributed by atoms with Crippen LogP contribution in [0.5, 0.6) is 5.75 Å². The highest BCUT2D eigenvalue weighted by Gasteiger charge is 2.30. The summed E-state index contributed by atoms with van der Waals surface area (Å²) in [5, 5.41) is 12.2. The van der Waals surface area contributed by atoms with E-state index in [9.17, 15) is 13.2 Å². The number of benzene rings is 1. The molecule has 0 aliphatic rings. The molecule has 0 bridgehead atoms. The van der Waals surface area contributed by atoms with Crippen molar-refractivity contribution < 1.29 is 23.0 Å². The maximum atomic E-state index is 12.0. The third-order valence-electron chi connectivity index (χ3n) is 2.72. The van der Waals surface area contributed by atoms with Gasteiger partial charge in [-0.1, -0.05) is 12.1 Å².